The molecule has 0 saturated carbocycles. The minimum absolute atomic E-state index is 0.849. The third-order valence-corrected chi connectivity index (χ3v) is 6.49. The number of benzene rings is 2. The Hall–Kier alpha value is -3.47. The van der Waals surface area contributed by atoms with Crippen LogP contribution in [0.5, 0.6) is 5.75 Å². The fraction of sp³-hybridized carbons (Fsp3) is 0.269. The van der Waals surface area contributed by atoms with Gasteiger partial charge in [0, 0.05) is 36.2 Å². The van der Waals surface area contributed by atoms with Crippen molar-refractivity contribution in [1.82, 2.24) is 9.38 Å². The minimum Gasteiger partial charge on any atom is -0.497 e. The first-order chi connectivity index (χ1) is 15.3. The molecule has 6 rings (SSSR count). The van der Waals surface area contributed by atoms with Gasteiger partial charge in [-0.05, 0) is 85.3 Å². The van der Waals surface area contributed by atoms with Gasteiger partial charge in [0.25, 0.3) is 0 Å². The minimum atomic E-state index is 0.849. The molecule has 0 unspecified atom stereocenters. The van der Waals surface area contributed by atoms with E-state index in [9.17, 15) is 0 Å². The molecular formula is C26H26N4O. The normalized spacial score (nSPS) is 15.1. The molecule has 0 saturated heterocycles. The highest BCUT2D eigenvalue weighted by Gasteiger charge is 2.26. The van der Waals surface area contributed by atoms with Crippen LogP contribution < -0.4 is 15.0 Å². The Balaban J connectivity index is 1.49. The summed E-state index contributed by atoms with van der Waals surface area (Å²) in [4.78, 5) is 7.62. The van der Waals surface area contributed by atoms with E-state index in [1.165, 1.54) is 48.3 Å². The maximum Gasteiger partial charge on any atom is 0.143 e. The fourth-order valence-corrected chi connectivity index (χ4v) is 5.07. The molecule has 0 fully saturated rings. The lowest BCUT2D eigenvalue weighted by Crippen LogP contribution is -2.34. The van der Waals surface area contributed by atoms with Crippen LogP contribution in [0, 0.1) is 0 Å². The number of methoxy groups -OCH3 is 1. The molecule has 2 aromatic carbocycles. The Kier molecular flexibility index (Phi) is 4.34. The van der Waals surface area contributed by atoms with Crippen LogP contribution in [-0.2, 0) is 12.8 Å². The van der Waals surface area contributed by atoms with Crippen molar-refractivity contribution in [3.8, 4) is 17.0 Å². The van der Waals surface area contributed by atoms with E-state index in [1.807, 2.05) is 36.4 Å². The first kappa shape index (κ1) is 18.3. The molecule has 31 heavy (non-hydrogen) atoms. The summed E-state index contributed by atoms with van der Waals surface area (Å²) in [6.07, 6.45) is 6.85. The average molecular weight is 411 g/mol. The first-order valence-electron chi connectivity index (χ1n) is 11.1. The standard InChI is InChI=1S/C26H26N4O/c1-31-22-11-9-21(10-12-22)27-26-24(28-23-8-2-3-15-30(23)26)20-16-18-6-4-13-29-14-5-7-19(17-20)25(18)29/h2-3,8-12,15-17,27H,4-7,13-14H2,1H3. The molecule has 0 radical (unpaired) electrons. The third-order valence-electron chi connectivity index (χ3n) is 6.49. The van der Waals surface area contributed by atoms with Crippen LogP contribution in [0.1, 0.15) is 24.0 Å². The van der Waals surface area contributed by atoms with Crippen molar-refractivity contribution in [2.75, 3.05) is 30.4 Å². The van der Waals surface area contributed by atoms with Gasteiger partial charge in [-0.25, -0.2) is 4.98 Å². The average Bonchev–Trinajstić information content (AvgIpc) is 3.18. The van der Waals surface area contributed by atoms with Gasteiger partial charge < -0.3 is 15.0 Å². The predicted molar refractivity (Wildman–Crippen MR) is 126 cm³/mol. The topological polar surface area (TPSA) is 41.8 Å². The van der Waals surface area contributed by atoms with Crippen molar-refractivity contribution >= 4 is 22.8 Å². The molecule has 156 valence electrons. The van der Waals surface area contributed by atoms with Crippen LogP contribution in [-0.4, -0.2) is 29.6 Å². The highest BCUT2D eigenvalue weighted by molar-refractivity contribution is 5.82. The lowest BCUT2D eigenvalue weighted by atomic mass is 9.89. The summed E-state index contributed by atoms with van der Waals surface area (Å²) in [5, 5.41) is 3.62. The van der Waals surface area contributed by atoms with E-state index in [0.29, 0.717) is 0 Å². The predicted octanol–water partition coefficient (Wildman–Crippen LogP) is 5.45. The number of anilines is 3. The number of imidazole rings is 1. The lowest BCUT2D eigenvalue weighted by molar-refractivity contribution is 0.415. The van der Waals surface area contributed by atoms with E-state index in [2.05, 4.69) is 39.0 Å². The zero-order valence-electron chi connectivity index (χ0n) is 17.8. The van der Waals surface area contributed by atoms with Crippen LogP contribution in [0.15, 0.2) is 60.8 Å². The van der Waals surface area contributed by atoms with Crippen LogP contribution in [0.25, 0.3) is 16.9 Å². The van der Waals surface area contributed by atoms with Crippen molar-refractivity contribution in [3.05, 3.63) is 71.9 Å². The summed E-state index contributed by atoms with van der Waals surface area (Å²) in [6.45, 7) is 2.38. The van der Waals surface area contributed by atoms with Gasteiger partial charge >= 0.3 is 0 Å². The Morgan fingerprint density at radius 3 is 2.39 bits per heavy atom. The third kappa shape index (κ3) is 3.12. The molecule has 5 heteroatoms. The number of pyridine rings is 1. The van der Waals surface area contributed by atoms with Crippen LogP contribution in [0.3, 0.4) is 0 Å². The molecule has 2 aliphatic heterocycles. The van der Waals surface area contributed by atoms with E-state index < -0.39 is 0 Å². The smallest absolute Gasteiger partial charge is 0.143 e. The zero-order chi connectivity index (χ0) is 20.8. The second-order valence-electron chi connectivity index (χ2n) is 8.43. The fourth-order valence-electron chi connectivity index (χ4n) is 5.07. The van der Waals surface area contributed by atoms with E-state index >= 15 is 0 Å². The Bertz CT molecular complexity index is 1230. The number of fused-ring (bicyclic) bond motifs is 1. The van der Waals surface area contributed by atoms with Gasteiger partial charge in [0.15, 0.2) is 0 Å². The molecule has 0 aliphatic carbocycles. The van der Waals surface area contributed by atoms with E-state index in [1.54, 1.807) is 7.11 Å². The molecule has 0 spiro atoms. The second-order valence-corrected chi connectivity index (χ2v) is 8.43. The number of rotatable bonds is 4. The summed E-state index contributed by atoms with van der Waals surface area (Å²) >= 11 is 0. The summed E-state index contributed by atoms with van der Waals surface area (Å²) in [5.41, 5.74) is 8.62. The summed E-state index contributed by atoms with van der Waals surface area (Å²) < 4.78 is 7.45. The number of nitrogens with one attached hydrogen (secondary N) is 1. The van der Waals surface area contributed by atoms with Crippen molar-refractivity contribution in [1.29, 1.82) is 0 Å². The lowest BCUT2D eigenvalue weighted by Gasteiger charge is -2.37. The van der Waals surface area contributed by atoms with Crippen molar-refractivity contribution < 1.29 is 4.74 Å². The number of ether oxygens (including phenoxy) is 1. The SMILES string of the molecule is COc1ccc(Nc2c(-c3cc4c5c(c3)CCCN5CCC4)nc3ccccn23)cc1. The molecular weight excluding hydrogens is 384 g/mol. The number of nitrogens with zero attached hydrogens (tertiary/aromatic N) is 3. The molecule has 2 aromatic heterocycles. The quantitative estimate of drug-likeness (QED) is 0.486. The number of hydrogen-bond acceptors (Lipinski definition) is 4. The molecule has 5 nitrogen and oxygen atoms in total. The summed E-state index contributed by atoms with van der Waals surface area (Å²) in [6, 6.07) is 18.9. The molecule has 0 atom stereocenters. The molecule has 4 aromatic rings. The molecule has 0 bridgehead atoms. The maximum atomic E-state index is 5.31. The highest BCUT2D eigenvalue weighted by atomic mass is 16.5. The zero-order valence-corrected chi connectivity index (χ0v) is 17.8. The van der Waals surface area contributed by atoms with Gasteiger partial charge in [0.05, 0.1) is 7.11 Å². The Morgan fingerprint density at radius 2 is 1.68 bits per heavy atom. The van der Waals surface area contributed by atoms with E-state index in [4.69, 9.17) is 9.72 Å². The van der Waals surface area contributed by atoms with Gasteiger partial charge in [0.1, 0.15) is 22.9 Å². The number of hydrogen-bond donors (Lipinski definition) is 1. The Morgan fingerprint density at radius 1 is 0.935 bits per heavy atom. The largest absolute Gasteiger partial charge is 0.497 e. The molecule has 2 aliphatic rings. The summed E-state index contributed by atoms with van der Waals surface area (Å²) in [7, 11) is 1.69. The van der Waals surface area contributed by atoms with Crippen LogP contribution in [0.2, 0.25) is 0 Å². The maximum absolute atomic E-state index is 5.31. The Labute approximate surface area is 182 Å². The van der Waals surface area contributed by atoms with Gasteiger partial charge in [-0.1, -0.05) is 6.07 Å². The van der Waals surface area contributed by atoms with Crippen molar-refractivity contribution in [3.63, 3.8) is 0 Å². The van der Waals surface area contributed by atoms with Crippen molar-refractivity contribution in [2.24, 2.45) is 0 Å². The number of aromatic nitrogens is 2. The van der Waals surface area contributed by atoms with Gasteiger partial charge in [0.2, 0.25) is 0 Å². The van der Waals surface area contributed by atoms with Gasteiger partial charge in [-0.15, -0.1) is 0 Å². The van der Waals surface area contributed by atoms with Crippen LogP contribution >= 0.6 is 0 Å². The number of aryl methyl sites for hydroxylation is 2. The van der Waals surface area contributed by atoms with Gasteiger partial charge in [-0.3, -0.25) is 4.40 Å². The van der Waals surface area contributed by atoms with E-state index in [0.717, 1.165) is 41.4 Å². The molecule has 1 N–H and O–H groups in total. The summed E-state index contributed by atoms with van der Waals surface area (Å²) in [5.74, 6) is 1.85. The van der Waals surface area contributed by atoms with E-state index in [-0.39, 0.29) is 0 Å². The van der Waals surface area contributed by atoms with Crippen molar-refractivity contribution in [2.45, 2.75) is 25.7 Å². The van der Waals surface area contributed by atoms with Crippen LogP contribution in [0.4, 0.5) is 17.2 Å². The molecule has 4 heterocycles. The first-order valence-corrected chi connectivity index (χ1v) is 11.1. The van der Waals surface area contributed by atoms with Gasteiger partial charge in [-0.2, -0.15) is 0 Å². The second kappa shape index (κ2) is 7.34. The highest BCUT2D eigenvalue weighted by Crippen LogP contribution is 2.40. The monoisotopic (exact) mass is 410 g/mol. The molecule has 0 amide bonds.